The van der Waals surface area contributed by atoms with Gasteiger partial charge in [-0.25, -0.2) is 0 Å². The highest BCUT2D eigenvalue weighted by molar-refractivity contribution is 5.97. The lowest BCUT2D eigenvalue weighted by atomic mass is 10.1. The number of amides is 1. The van der Waals surface area contributed by atoms with Gasteiger partial charge >= 0.3 is 0 Å². The van der Waals surface area contributed by atoms with E-state index in [4.69, 9.17) is 9.57 Å². The molecular weight excluding hydrogens is 256 g/mol. The Morgan fingerprint density at radius 3 is 2.35 bits per heavy atom. The van der Waals surface area contributed by atoms with Crippen LogP contribution in [0.2, 0.25) is 0 Å². The summed E-state index contributed by atoms with van der Waals surface area (Å²) >= 11 is 0. The average molecular weight is 280 g/mol. The zero-order chi connectivity index (χ0) is 15.2. The number of carbonyl (C=O) groups is 1. The topological polar surface area (TPSA) is 59.6 Å². The monoisotopic (exact) mass is 280 g/mol. The predicted molar refractivity (Wildman–Crippen MR) is 79.2 cm³/mol. The lowest BCUT2D eigenvalue weighted by molar-refractivity contribution is -0.126. The molecule has 0 saturated carbocycles. The molecule has 5 heteroatoms. The fraction of sp³-hybridized carbons (Fsp3) is 0.533. The molecule has 0 fully saturated rings. The highest BCUT2D eigenvalue weighted by Gasteiger charge is 2.27. The highest BCUT2D eigenvalue weighted by atomic mass is 16.6. The molecule has 1 rings (SSSR count). The summed E-state index contributed by atoms with van der Waals surface area (Å²) in [4.78, 5) is 16.9. The number of nitrogens with one attached hydrogen (secondary N) is 2. The van der Waals surface area contributed by atoms with E-state index in [1.165, 1.54) is 7.11 Å². The first-order valence-corrected chi connectivity index (χ1v) is 6.67. The molecule has 0 aliphatic rings. The van der Waals surface area contributed by atoms with Crippen LogP contribution in [-0.4, -0.2) is 24.7 Å². The molecule has 1 aromatic carbocycles. The molecule has 0 heterocycles. The van der Waals surface area contributed by atoms with Gasteiger partial charge in [0.05, 0.1) is 19.8 Å². The van der Waals surface area contributed by atoms with E-state index in [-0.39, 0.29) is 12.0 Å². The van der Waals surface area contributed by atoms with Crippen molar-refractivity contribution in [3.63, 3.8) is 0 Å². The van der Waals surface area contributed by atoms with Crippen LogP contribution in [-0.2, 0) is 21.0 Å². The number of hydrogen-bond donors (Lipinski definition) is 2. The van der Waals surface area contributed by atoms with Crippen LogP contribution < -0.4 is 10.8 Å². The minimum absolute atomic E-state index is 0.162. The van der Waals surface area contributed by atoms with Gasteiger partial charge in [0, 0.05) is 5.69 Å². The molecule has 0 aliphatic heterocycles. The molecule has 0 bridgehead atoms. The number of hydroxylamine groups is 1. The standard InChI is InChI=1S/C15H24N2O3/c1-11(2)20-10-12-6-8-13(9-7-12)16-14(18)15(3,4)17-19-5/h6-9,11,17H,10H2,1-5H3,(H,16,18). The summed E-state index contributed by atoms with van der Waals surface area (Å²) in [5.41, 5.74) is 3.68. The maximum absolute atomic E-state index is 12.0. The quantitative estimate of drug-likeness (QED) is 0.753. The minimum atomic E-state index is -0.797. The molecule has 0 unspecified atom stereocenters. The lowest BCUT2D eigenvalue weighted by Gasteiger charge is -2.23. The van der Waals surface area contributed by atoms with Crippen molar-refractivity contribution in [2.24, 2.45) is 0 Å². The van der Waals surface area contributed by atoms with Gasteiger partial charge in [-0.1, -0.05) is 12.1 Å². The molecule has 0 atom stereocenters. The second-order valence-corrected chi connectivity index (χ2v) is 5.44. The summed E-state index contributed by atoms with van der Waals surface area (Å²) in [7, 11) is 1.48. The average Bonchev–Trinajstić information content (AvgIpc) is 2.37. The van der Waals surface area contributed by atoms with Crippen molar-refractivity contribution in [2.75, 3.05) is 12.4 Å². The molecule has 112 valence electrons. The highest BCUT2D eigenvalue weighted by Crippen LogP contribution is 2.13. The van der Waals surface area contributed by atoms with Gasteiger partial charge in [0.15, 0.2) is 0 Å². The summed E-state index contributed by atoms with van der Waals surface area (Å²) in [6.07, 6.45) is 0.204. The largest absolute Gasteiger partial charge is 0.374 e. The molecule has 0 saturated heterocycles. The molecular formula is C15H24N2O3. The van der Waals surface area contributed by atoms with Gasteiger partial charge in [-0.05, 0) is 45.4 Å². The van der Waals surface area contributed by atoms with Crippen LogP contribution in [0.25, 0.3) is 0 Å². The van der Waals surface area contributed by atoms with Gasteiger partial charge in [-0.2, -0.15) is 5.48 Å². The van der Waals surface area contributed by atoms with E-state index in [2.05, 4.69) is 10.8 Å². The first-order chi connectivity index (χ1) is 9.35. The van der Waals surface area contributed by atoms with Crippen molar-refractivity contribution >= 4 is 11.6 Å². The third-order valence-electron chi connectivity index (χ3n) is 2.72. The summed E-state index contributed by atoms with van der Waals surface area (Å²) in [6.45, 7) is 8.06. The number of hydrogen-bond acceptors (Lipinski definition) is 4. The van der Waals surface area contributed by atoms with Gasteiger partial charge in [-0.15, -0.1) is 0 Å². The molecule has 0 radical (unpaired) electrons. The lowest BCUT2D eigenvalue weighted by Crippen LogP contribution is -2.49. The minimum Gasteiger partial charge on any atom is -0.374 e. The number of anilines is 1. The molecule has 1 amide bonds. The Bertz CT molecular complexity index is 427. The van der Waals surface area contributed by atoms with E-state index >= 15 is 0 Å². The zero-order valence-electron chi connectivity index (χ0n) is 12.8. The third-order valence-corrected chi connectivity index (χ3v) is 2.72. The molecule has 1 aromatic rings. The maximum atomic E-state index is 12.0. The van der Waals surface area contributed by atoms with Crippen molar-refractivity contribution in [1.82, 2.24) is 5.48 Å². The number of rotatable bonds is 7. The fourth-order valence-electron chi connectivity index (χ4n) is 1.54. The Morgan fingerprint density at radius 1 is 1.25 bits per heavy atom. The molecule has 5 nitrogen and oxygen atoms in total. The Morgan fingerprint density at radius 2 is 1.85 bits per heavy atom. The molecule has 0 aliphatic carbocycles. The first-order valence-electron chi connectivity index (χ1n) is 6.67. The van der Waals surface area contributed by atoms with Crippen molar-refractivity contribution < 1.29 is 14.4 Å². The van der Waals surface area contributed by atoms with Gasteiger partial charge < -0.3 is 14.9 Å². The van der Waals surface area contributed by atoms with E-state index in [0.29, 0.717) is 6.61 Å². The molecule has 20 heavy (non-hydrogen) atoms. The van der Waals surface area contributed by atoms with Crippen LogP contribution in [0.15, 0.2) is 24.3 Å². The number of ether oxygens (including phenoxy) is 1. The van der Waals surface area contributed by atoms with E-state index in [1.54, 1.807) is 13.8 Å². The summed E-state index contributed by atoms with van der Waals surface area (Å²) < 4.78 is 5.52. The van der Waals surface area contributed by atoms with Crippen LogP contribution in [0, 0.1) is 0 Å². The summed E-state index contributed by atoms with van der Waals surface area (Å²) in [5.74, 6) is -0.162. The Labute approximate surface area is 120 Å². The van der Waals surface area contributed by atoms with E-state index in [1.807, 2.05) is 38.1 Å². The van der Waals surface area contributed by atoms with Crippen LogP contribution in [0.5, 0.6) is 0 Å². The van der Waals surface area contributed by atoms with Crippen LogP contribution in [0.4, 0.5) is 5.69 Å². The second kappa shape index (κ2) is 7.38. The fourth-order valence-corrected chi connectivity index (χ4v) is 1.54. The normalized spacial score (nSPS) is 11.7. The van der Waals surface area contributed by atoms with Crippen LogP contribution >= 0.6 is 0 Å². The van der Waals surface area contributed by atoms with Gasteiger partial charge in [0.25, 0.3) is 0 Å². The maximum Gasteiger partial charge on any atom is 0.246 e. The SMILES string of the molecule is CONC(C)(C)C(=O)Nc1ccc(COC(C)C)cc1. The zero-order valence-corrected chi connectivity index (χ0v) is 12.8. The molecule has 0 aromatic heterocycles. The van der Waals surface area contributed by atoms with Crippen molar-refractivity contribution in [1.29, 1.82) is 0 Å². The number of carbonyl (C=O) groups excluding carboxylic acids is 1. The Hall–Kier alpha value is -1.43. The van der Waals surface area contributed by atoms with Crippen molar-refractivity contribution in [3.05, 3.63) is 29.8 Å². The molecule has 2 N–H and O–H groups in total. The van der Waals surface area contributed by atoms with E-state index < -0.39 is 5.54 Å². The van der Waals surface area contributed by atoms with E-state index in [9.17, 15) is 4.79 Å². The van der Waals surface area contributed by atoms with Crippen molar-refractivity contribution in [3.8, 4) is 0 Å². The number of benzene rings is 1. The van der Waals surface area contributed by atoms with Crippen molar-refractivity contribution in [2.45, 2.75) is 45.9 Å². The Kier molecular flexibility index (Phi) is 6.13. The molecule has 0 spiro atoms. The smallest absolute Gasteiger partial charge is 0.246 e. The van der Waals surface area contributed by atoms with Gasteiger partial charge in [-0.3, -0.25) is 4.79 Å². The van der Waals surface area contributed by atoms with E-state index in [0.717, 1.165) is 11.3 Å². The summed E-state index contributed by atoms with van der Waals surface area (Å²) in [6, 6.07) is 7.60. The third kappa shape index (κ3) is 5.28. The van der Waals surface area contributed by atoms with Gasteiger partial charge in [0.1, 0.15) is 5.54 Å². The first kappa shape index (κ1) is 16.6. The Balaban J connectivity index is 2.59. The second-order valence-electron chi connectivity index (χ2n) is 5.44. The van der Waals surface area contributed by atoms with Crippen LogP contribution in [0.3, 0.4) is 0 Å². The van der Waals surface area contributed by atoms with Crippen LogP contribution in [0.1, 0.15) is 33.3 Å². The van der Waals surface area contributed by atoms with Gasteiger partial charge in [0.2, 0.25) is 5.91 Å². The summed E-state index contributed by atoms with van der Waals surface area (Å²) in [5, 5.41) is 2.84. The predicted octanol–water partition coefficient (Wildman–Crippen LogP) is 2.48.